The molecule has 1 unspecified atom stereocenters. The van der Waals surface area contributed by atoms with Crippen LogP contribution in [0.3, 0.4) is 0 Å². The van der Waals surface area contributed by atoms with E-state index in [1.165, 1.54) is 64.5 Å². The van der Waals surface area contributed by atoms with Crippen LogP contribution in [0.5, 0.6) is 0 Å². The Bertz CT molecular complexity index is 391. The molecule has 3 aliphatic rings. The number of aliphatic imine (C=N–C) groups is 1. The summed E-state index contributed by atoms with van der Waals surface area (Å²) in [7, 11) is 1.86. The Hall–Kier alpha value is -0.810. The molecule has 1 aliphatic heterocycles. The normalized spacial score (nSPS) is 26.7. The van der Waals surface area contributed by atoms with Gasteiger partial charge < -0.3 is 20.3 Å². The van der Waals surface area contributed by atoms with Gasteiger partial charge >= 0.3 is 0 Å². The van der Waals surface area contributed by atoms with Crippen LogP contribution in [0.1, 0.15) is 57.8 Å². The molecule has 3 rings (SSSR count). The average Bonchev–Trinajstić information content (AvgIpc) is 3.37. The van der Waals surface area contributed by atoms with E-state index < -0.39 is 0 Å². The van der Waals surface area contributed by atoms with Crippen molar-refractivity contribution in [3.05, 3.63) is 0 Å². The van der Waals surface area contributed by atoms with Gasteiger partial charge in [-0.1, -0.05) is 19.3 Å². The Morgan fingerprint density at radius 3 is 2.67 bits per heavy atom. The van der Waals surface area contributed by atoms with Gasteiger partial charge in [0.1, 0.15) is 0 Å². The predicted octanol–water partition coefficient (Wildman–Crippen LogP) is 2.38. The van der Waals surface area contributed by atoms with Crippen molar-refractivity contribution in [2.75, 3.05) is 39.8 Å². The monoisotopic (exact) mass is 336 g/mol. The van der Waals surface area contributed by atoms with Gasteiger partial charge in [-0.05, 0) is 51.0 Å². The van der Waals surface area contributed by atoms with Gasteiger partial charge in [0, 0.05) is 39.3 Å². The first kappa shape index (κ1) is 18.0. The molecule has 5 nitrogen and oxygen atoms in total. The highest BCUT2D eigenvalue weighted by molar-refractivity contribution is 5.79. The van der Waals surface area contributed by atoms with Gasteiger partial charge in [-0.2, -0.15) is 0 Å². The van der Waals surface area contributed by atoms with E-state index in [4.69, 9.17) is 4.74 Å². The van der Waals surface area contributed by atoms with E-state index in [1.807, 2.05) is 7.05 Å². The molecular formula is C19H36N4O. The number of hydrogen-bond acceptors (Lipinski definition) is 3. The summed E-state index contributed by atoms with van der Waals surface area (Å²) in [6, 6.07) is 0.914. The summed E-state index contributed by atoms with van der Waals surface area (Å²) in [5.74, 6) is 1.72. The van der Waals surface area contributed by atoms with Crippen LogP contribution in [0.4, 0.5) is 0 Å². The fourth-order valence-corrected chi connectivity index (χ4v) is 4.02. The number of ether oxygens (including phenoxy) is 1. The molecule has 0 radical (unpaired) electrons. The maximum absolute atomic E-state index is 5.97. The van der Waals surface area contributed by atoms with Gasteiger partial charge in [0.25, 0.3) is 0 Å². The van der Waals surface area contributed by atoms with Gasteiger partial charge in [-0.25, -0.2) is 0 Å². The van der Waals surface area contributed by atoms with E-state index in [1.54, 1.807) is 0 Å². The zero-order valence-corrected chi connectivity index (χ0v) is 15.4. The van der Waals surface area contributed by atoms with Gasteiger partial charge in [0.05, 0.1) is 6.10 Å². The summed E-state index contributed by atoms with van der Waals surface area (Å²) in [5.41, 5.74) is 0. The standard InChI is InChI=1S/C19H36N4O/c1-20-19(21-11-5-13-24-18-6-3-2-4-7-18)22-14-16-10-12-23(15-16)17-8-9-17/h16-18H,2-15H2,1H3,(H2,20,21,22). The second-order valence-electron chi connectivity index (χ2n) is 7.75. The maximum atomic E-state index is 5.97. The van der Waals surface area contributed by atoms with Crippen molar-refractivity contribution in [3.63, 3.8) is 0 Å². The summed E-state index contributed by atoms with van der Waals surface area (Å²) < 4.78 is 5.97. The van der Waals surface area contributed by atoms with Crippen molar-refractivity contribution in [1.29, 1.82) is 0 Å². The molecule has 1 saturated heterocycles. The van der Waals surface area contributed by atoms with Crippen LogP contribution in [0.15, 0.2) is 4.99 Å². The number of hydrogen-bond donors (Lipinski definition) is 2. The van der Waals surface area contributed by atoms with Crippen LogP contribution in [0.25, 0.3) is 0 Å². The number of nitrogens with one attached hydrogen (secondary N) is 2. The van der Waals surface area contributed by atoms with Crippen molar-refractivity contribution in [3.8, 4) is 0 Å². The van der Waals surface area contributed by atoms with Crippen LogP contribution in [0, 0.1) is 5.92 Å². The van der Waals surface area contributed by atoms with Gasteiger partial charge in [-0.15, -0.1) is 0 Å². The Morgan fingerprint density at radius 2 is 1.92 bits per heavy atom. The molecule has 0 aromatic rings. The van der Waals surface area contributed by atoms with Crippen molar-refractivity contribution in [2.24, 2.45) is 10.9 Å². The highest BCUT2D eigenvalue weighted by Crippen LogP contribution is 2.31. The summed E-state index contributed by atoms with van der Waals surface area (Å²) in [6.07, 6.45) is 12.4. The lowest BCUT2D eigenvalue weighted by Gasteiger charge is -2.22. The molecular weight excluding hydrogens is 300 g/mol. The molecule has 2 aliphatic carbocycles. The lowest BCUT2D eigenvalue weighted by molar-refractivity contribution is 0.0277. The van der Waals surface area contributed by atoms with Crippen LogP contribution >= 0.6 is 0 Å². The third-order valence-corrected chi connectivity index (χ3v) is 5.68. The van der Waals surface area contributed by atoms with Crippen LogP contribution < -0.4 is 10.6 Å². The molecule has 24 heavy (non-hydrogen) atoms. The molecule has 0 amide bonds. The molecule has 1 atom stereocenters. The van der Waals surface area contributed by atoms with Crippen LogP contribution in [-0.2, 0) is 4.74 Å². The first-order valence-corrected chi connectivity index (χ1v) is 10.2. The number of guanidine groups is 1. The molecule has 1 heterocycles. The lowest BCUT2D eigenvalue weighted by Crippen LogP contribution is -2.41. The summed E-state index contributed by atoms with van der Waals surface area (Å²) in [6.45, 7) is 5.41. The molecule has 0 aromatic carbocycles. The average molecular weight is 337 g/mol. The topological polar surface area (TPSA) is 48.9 Å². The third kappa shape index (κ3) is 5.92. The second kappa shape index (κ2) is 9.62. The highest BCUT2D eigenvalue weighted by atomic mass is 16.5. The maximum Gasteiger partial charge on any atom is 0.190 e. The molecule has 0 bridgehead atoms. The first-order valence-electron chi connectivity index (χ1n) is 10.2. The quantitative estimate of drug-likeness (QED) is 0.406. The molecule has 3 fully saturated rings. The van der Waals surface area contributed by atoms with Gasteiger partial charge in [0.15, 0.2) is 5.96 Å². The largest absolute Gasteiger partial charge is 0.378 e. The van der Waals surface area contributed by atoms with E-state index in [-0.39, 0.29) is 0 Å². The summed E-state index contributed by atoms with van der Waals surface area (Å²) in [5, 5.41) is 6.93. The van der Waals surface area contributed by atoms with E-state index in [9.17, 15) is 0 Å². The van der Waals surface area contributed by atoms with E-state index in [0.717, 1.165) is 44.0 Å². The highest BCUT2D eigenvalue weighted by Gasteiger charge is 2.34. The predicted molar refractivity (Wildman–Crippen MR) is 99.5 cm³/mol. The minimum Gasteiger partial charge on any atom is -0.378 e. The Kier molecular flexibility index (Phi) is 7.21. The van der Waals surface area contributed by atoms with Crippen molar-refractivity contribution in [2.45, 2.75) is 69.9 Å². The van der Waals surface area contributed by atoms with E-state index >= 15 is 0 Å². The van der Waals surface area contributed by atoms with E-state index in [0.29, 0.717) is 6.10 Å². The van der Waals surface area contributed by atoms with Crippen molar-refractivity contribution in [1.82, 2.24) is 15.5 Å². The van der Waals surface area contributed by atoms with Crippen LogP contribution in [0.2, 0.25) is 0 Å². The molecule has 5 heteroatoms. The summed E-state index contributed by atoms with van der Waals surface area (Å²) >= 11 is 0. The zero-order chi connectivity index (χ0) is 16.6. The number of likely N-dealkylation sites (tertiary alicyclic amines) is 1. The Balaban J connectivity index is 1.21. The fraction of sp³-hybridized carbons (Fsp3) is 0.947. The van der Waals surface area contributed by atoms with Crippen LogP contribution in [-0.4, -0.2) is 62.8 Å². The van der Waals surface area contributed by atoms with Crippen molar-refractivity contribution >= 4 is 5.96 Å². The van der Waals surface area contributed by atoms with Gasteiger partial charge in [-0.3, -0.25) is 4.99 Å². The number of nitrogens with zero attached hydrogens (tertiary/aromatic N) is 2. The van der Waals surface area contributed by atoms with Crippen molar-refractivity contribution < 1.29 is 4.74 Å². The molecule has 0 spiro atoms. The lowest BCUT2D eigenvalue weighted by atomic mass is 9.98. The Morgan fingerprint density at radius 1 is 1.08 bits per heavy atom. The summed E-state index contributed by atoms with van der Waals surface area (Å²) in [4.78, 5) is 7.01. The third-order valence-electron chi connectivity index (χ3n) is 5.68. The molecule has 2 N–H and O–H groups in total. The smallest absolute Gasteiger partial charge is 0.190 e. The number of rotatable bonds is 8. The minimum absolute atomic E-state index is 0.521. The molecule has 0 aromatic heterocycles. The molecule has 138 valence electrons. The zero-order valence-electron chi connectivity index (χ0n) is 15.4. The Labute approximate surface area is 147 Å². The fourth-order valence-electron chi connectivity index (χ4n) is 4.02. The van der Waals surface area contributed by atoms with Gasteiger partial charge in [0.2, 0.25) is 0 Å². The molecule has 2 saturated carbocycles. The minimum atomic E-state index is 0.521. The first-order chi connectivity index (χ1) is 11.8. The van der Waals surface area contributed by atoms with E-state index in [2.05, 4.69) is 20.5 Å². The second-order valence-corrected chi connectivity index (χ2v) is 7.75. The SMILES string of the molecule is CN=C(NCCCOC1CCCCC1)NCC1CCN(C2CC2)C1.